The van der Waals surface area contributed by atoms with Crippen molar-refractivity contribution in [2.75, 3.05) is 14.1 Å². The molecule has 0 saturated carbocycles. The number of hydrogen-bond donors (Lipinski definition) is 0. The molecule has 0 heterocycles. The molecule has 0 saturated heterocycles. The second-order valence-corrected chi connectivity index (χ2v) is 14.9. The Labute approximate surface area is 275 Å². The zero-order chi connectivity index (χ0) is 31.3. The monoisotopic (exact) mass is 606 g/mol. The normalized spacial score (nSPS) is 12.5. The number of unbranched alkanes of at least 4 members (excludes halogenated alkanes) is 33. The van der Waals surface area contributed by atoms with Crippen LogP contribution in [0.5, 0.6) is 0 Å². The van der Waals surface area contributed by atoms with Gasteiger partial charge in [-0.05, 0) is 26.9 Å². The third-order valence-corrected chi connectivity index (χ3v) is 10.3. The van der Waals surface area contributed by atoms with Gasteiger partial charge < -0.3 is 4.90 Å². The van der Waals surface area contributed by atoms with E-state index in [1.54, 1.807) is 0 Å². The Hall–Kier alpha value is -0.0400. The molecular formula is C42H87N. The van der Waals surface area contributed by atoms with Crippen LogP contribution in [-0.2, 0) is 0 Å². The Balaban J connectivity index is 3.35. The van der Waals surface area contributed by atoms with Crippen molar-refractivity contribution in [2.24, 2.45) is 0 Å². The quantitative estimate of drug-likeness (QED) is 0.0633. The van der Waals surface area contributed by atoms with Gasteiger partial charge in [0.1, 0.15) is 0 Å². The topological polar surface area (TPSA) is 3.24 Å². The van der Waals surface area contributed by atoms with E-state index in [1.165, 1.54) is 238 Å². The summed E-state index contributed by atoms with van der Waals surface area (Å²) in [5.74, 6) is 0. The van der Waals surface area contributed by atoms with Crippen LogP contribution in [0.1, 0.15) is 251 Å². The Morgan fingerprint density at radius 2 is 0.419 bits per heavy atom. The van der Waals surface area contributed by atoms with Gasteiger partial charge in [0.2, 0.25) is 0 Å². The van der Waals surface area contributed by atoms with Crippen molar-refractivity contribution in [3.8, 4) is 0 Å². The third kappa shape index (κ3) is 36.3. The van der Waals surface area contributed by atoms with E-state index in [2.05, 4.69) is 32.8 Å². The largest absolute Gasteiger partial charge is 0.306 e. The lowest BCUT2D eigenvalue weighted by molar-refractivity contribution is 0.251. The number of hydrogen-bond acceptors (Lipinski definition) is 1. The van der Waals surface area contributed by atoms with Crippen molar-refractivity contribution < 1.29 is 0 Å². The predicted octanol–water partition coefficient (Wildman–Crippen LogP) is 15.4. The van der Waals surface area contributed by atoms with Crippen LogP contribution in [0.3, 0.4) is 0 Å². The number of nitrogens with zero attached hydrogens (tertiary/aromatic N) is 1. The molecule has 1 nitrogen and oxygen atoms in total. The fourth-order valence-corrected chi connectivity index (χ4v) is 7.05. The molecule has 0 amide bonds. The second kappa shape index (κ2) is 38.1. The number of rotatable bonds is 38. The predicted molar refractivity (Wildman–Crippen MR) is 200 cm³/mol. The molecule has 0 aliphatic carbocycles. The summed E-state index contributed by atoms with van der Waals surface area (Å²) in [6.45, 7) is 4.62. The van der Waals surface area contributed by atoms with Gasteiger partial charge in [-0.1, -0.05) is 239 Å². The molecule has 0 bridgehead atoms. The van der Waals surface area contributed by atoms with Crippen LogP contribution in [0.4, 0.5) is 0 Å². The fourth-order valence-electron chi connectivity index (χ4n) is 7.05. The second-order valence-electron chi connectivity index (χ2n) is 14.9. The van der Waals surface area contributed by atoms with Gasteiger partial charge in [-0.3, -0.25) is 0 Å². The van der Waals surface area contributed by atoms with Gasteiger partial charge in [-0.15, -0.1) is 0 Å². The minimum atomic E-state index is 0.817. The maximum atomic E-state index is 2.51. The van der Waals surface area contributed by atoms with Gasteiger partial charge >= 0.3 is 0 Å². The molecule has 0 N–H and O–H groups in total. The lowest BCUT2D eigenvalue weighted by Crippen LogP contribution is -2.27. The fraction of sp³-hybridized carbons (Fsp3) is 1.00. The van der Waals surface area contributed by atoms with Crippen molar-refractivity contribution in [1.82, 2.24) is 4.90 Å². The lowest BCUT2D eigenvalue weighted by Gasteiger charge is -2.24. The summed E-state index contributed by atoms with van der Waals surface area (Å²) in [6, 6.07) is 0.817. The highest BCUT2D eigenvalue weighted by Crippen LogP contribution is 2.19. The SMILES string of the molecule is CCCCCCCCCCCCCCCCCCCCC[C@@H](CCCCCCCCCCCCCCCCCC)N(C)C. The first kappa shape index (κ1) is 43.0. The zero-order valence-corrected chi connectivity index (χ0v) is 31.2. The van der Waals surface area contributed by atoms with E-state index in [-0.39, 0.29) is 0 Å². The molecule has 0 rings (SSSR count). The summed E-state index contributed by atoms with van der Waals surface area (Å²) in [5.41, 5.74) is 0. The Morgan fingerprint density at radius 1 is 0.256 bits per heavy atom. The van der Waals surface area contributed by atoms with Crippen molar-refractivity contribution in [3.63, 3.8) is 0 Å². The van der Waals surface area contributed by atoms with E-state index >= 15 is 0 Å². The van der Waals surface area contributed by atoms with Gasteiger partial charge in [-0.25, -0.2) is 0 Å². The van der Waals surface area contributed by atoms with E-state index in [1.807, 2.05) is 0 Å². The van der Waals surface area contributed by atoms with E-state index in [0.29, 0.717) is 0 Å². The molecular weight excluding hydrogens is 518 g/mol. The summed E-state index contributed by atoms with van der Waals surface area (Å²) >= 11 is 0. The highest BCUT2D eigenvalue weighted by atomic mass is 15.1. The molecule has 43 heavy (non-hydrogen) atoms. The molecule has 0 aliphatic heterocycles. The summed E-state index contributed by atoms with van der Waals surface area (Å²) in [5, 5.41) is 0. The molecule has 260 valence electrons. The summed E-state index contributed by atoms with van der Waals surface area (Å²) in [7, 11) is 4.62. The van der Waals surface area contributed by atoms with Gasteiger partial charge in [-0.2, -0.15) is 0 Å². The van der Waals surface area contributed by atoms with Crippen molar-refractivity contribution in [3.05, 3.63) is 0 Å². The van der Waals surface area contributed by atoms with Gasteiger partial charge in [0.05, 0.1) is 0 Å². The molecule has 0 radical (unpaired) electrons. The lowest BCUT2D eigenvalue weighted by atomic mass is 9.99. The Bertz CT molecular complexity index is 472. The van der Waals surface area contributed by atoms with Gasteiger partial charge in [0, 0.05) is 6.04 Å². The first-order valence-electron chi connectivity index (χ1n) is 20.9. The average molecular weight is 606 g/mol. The van der Waals surface area contributed by atoms with Crippen molar-refractivity contribution in [1.29, 1.82) is 0 Å². The highest BCUT2D eigenvalue weighted by molar-refractivity contribution is 4.67. The van der Waals surface area contributed by atoms with Crippen LogP contribution in [-0.4, -0.2) is 25.0 Å². The summed E-state index contributed by atoms with van der Waals surface area (Å²) in [4.78, 5) is 2.51. The van der Waals surface area contributed by atoms with E-state index in [9.17, 15) is 0 Å². The molecule has 0 aromatic heterocycles. The van der Waals surface area contributed by atoms with E-state index in [4.69, 9.17) is 0 Å². The van der Waals surface area contributed by atoms with Gasteiger partial charge in [0.15, 0.2) is 0 Å². The summed E-state index contributed by atoms with van der Waals surface area (Å²) in [6.07, 6.45) is 54.3. The van der Waals surface area contributed by atoms with Crippen LogP contribution in [0.2, 0.25) is 0 Å². The molecule has 1 atom stereocenters. The Morgan fingerprint density at radius 3 is 0.581 bits per heavy atom. The first-order valence-corrected chi connectivity index (χ1v) is 20.9. The molecule has 0 spiro atoms. The molecule has 1 heteroatoms. The van der Waals surface area contributed by atoms with Crippen molar-refractivity contribution in [2.45, 2.75) is 257 Å². The third-order valence-electron chi connectivity index (χ3n) is 10.3. The minimum absolute atomic E-state index is 0.817. The summed E-state index contributed by atoms with van der Waals surface area (Å²) < 4.78 is 0. The van der Waals surface area contributed by atoms with Crippen molar-refractivity contribution >= 4 is 0 Å². The molecule has 0 aromatic rings. The Kier molecular flexibility index (Phi) is 38.1. The first-order chi connectivity index (χ1) is 21.2. The smallest absolute Gasteiger partial charge is 0.00891 e. The van der Waals surface area contributed by atoms with Crippen LogP contribution in [0, 0.1) is 0 Å². The van der Waals surface area contributed by atoms with Gasteiger partial charge in [0.25, 0.3) is 0 Å². The maximum absolute atomic E-state index is 2.51. The molecule has 0 aliphatic rings. The standard InChI is InChI=1S/C42H87N/c1-5-7-9-11-13-15-17-19-21-23-24-25-27-29-31-33-35-37-39-41-42(43(3)4)40-38-36-34-32-30-28-26-22-20-18-16-14-12-10-8-6-2/h42H,5-41H2,1-4H3/t42-/m1/s1. The maximum Gasteiger partial charge on any atom is 0.00891 e. The molecule has 0 unspecified atom stereocenters. The average Bonchev–Trinajstić information content (AvgIpc) is 3.00. The molecule has 0 fully saturated rings. The van der Waals surface area contributed by atoms with Crippen LogP contribution >= 0.6 is 0 Å². The highest BCUT2D eigenvalue weighted by Gasteiger charge is 2.10. The van der Waals surface area contributed by atoms with Crippen LogP contribution in [0.15, 0.2) is 0 Å². The molecule has 0 aromatic carbocycles. The van der Waals surface area contributed by atoms with Crippen LogP contribution < -0.4 is 0 Å². The van der Waals surface area contributed by atoms with Crippen LogP contribution in [0.25, 0.3) is 0 Å². The minimum Gasteiger partial charge on any atom is -0.306 e. The van der Waals surface area contributed by atoms with E-state index in [0.717, 1.165) is 6.04 Å². The van der Waals surface area contributed by atoms with E-state index < -0.39 is 0 Å². The zero-order valence-electron chi connectivity index (χ0n) is 31.2.